The summed E-state index contributed by atoms with van der Waals surface area (Å²) in [5, 5.41) is 1.47. The van der Waals surface area contributed by atoms with E-state index in [9.17, 15) is 14.4 Å². The predicted molar refractivity (Wildman–Crippen MR) is 130 cm³/mol. The summed E-state index contributed by atoms with van der Waals surface area (Å²) in [6.45, 7) is 4.44. The van der Waals surface area contributed by atoms with E-state index in [2.05, 4.69) is 6.92 Å². The van der Waals surface area contributed by atoms with E-state index in [1.807, 2.05) is 6.92 Å². The Morgan fingerprint density at radius 3 is 2.44 bits per heavy atom. The zero-order valence-corrected chi connectivity index (χ0v) is 20.1. The van der Waals surface area contributed by atoms with Gasteiger partial charge in [0, 0.05) is 29.4 Å². The lowest BCUT2D eigenvalue weighted by Crippen LogP contribution is -2.46. The first-order chi connectivity index (χ1) is 16.4. The van der Waals surface area contributed by atoms with Gasteiger partial charge in [-0.25, -0.2) is 4.79 Å². The van der Waals surface area contributed by atoms with Gasteiger partial charge in [-0.05, 0) is 68.9 Å². The van der Waals surface area contributed by atoms with E-state index in [-0.39, 0.29) is 23.4 Å². The summed E-state index contributed by atoms with van der Waals surface area (Å²) in [5.41, 5.74) is 2.32. The minimum Gasteiger partial charge on any atom is -0.465 e. The summed E-state index contributed by atoms with van der Waals surface area (Å²) in [6, 6.07) is 8.29. The molecular weight excluding hydrogens is 434 g/mol. The first kappa shape index (κ1) is 24.0. The molecule has 0 N–H and O–H groups in total. The third-order valence-corrected chi connectivity index (χ3v) is 6.86. The maximum Gasteiger partial charge on any atom is 0.340 e. The SMILES string of the molecule is COC[C@H](C)N(c1cc2c(cc1C(=O)OC)oc1ccc(C=O)cc12)C(=O)[C@H]1CC[C@H](C)CC1. The van der Waals surface area contributed by atoms with Gasteiger partial charge in [0.05, 0.1) is 31.0 Å². The number of aldehydes is 1. The quantitative estimate of drug-likeness (QED) is 0.344. The molecule has 1 aromatic heterocycles. The predicted octanol–water partition coefficient (Wildman–Crippen LogP) is 5.38. The summed E-state index contributed by atoms with van der Waals surface area (Å²) in [6.07, 6.45) is 4.44. The molecule has 0 unspecified atom stereocenters. The number of hydrogen-bond acceptors (Lipinski definition) is 6. The zero-order valence-electron chi connectivity index (χ0n) is 20.1. The lowest BCUT2D eigenvalue weighted by atomic mass is 9.82. The molecule has 0 bridgehead atoms. The molecule has 2 aromatic carbocycles. The molecule has 0 radical (unpaired) electrons. The van der Waals surface area contributed by atoms with Crippen molar-refractivity contribution < 1.29 is 28.3 Å². The highest BCUT2D eigenvalue weighted by atomic mass is 16.5. The number of benzene rings is 2. The highest BCUT2D eigenvalue weighted by Crippen LogP contribution is 2.38. The monoisotopic (exact) mass is 465 g/mol. The minimum absolute atomic E-state index is 0.0117. The van der Waals surface area contributed by atoms with Crippen LogP contribution in [0.1, 0.15) is 60.2 Å². The summed E-state index contributed by atoms with van der Waals surface area (Å²) < 4.78 is 16.4. The van der Waals surface area contributed by atoms with Crippen LogP contribution in [0.3, 0.4) is 0 Å². The van der Waals surface area contributed by atoms with E-state index in [1.54, 1.807) is 42.3 Å². The number of amides is 1. The molecule has 1 atom stereocenters. The fourth-order valence-electron chi connectivity index (χ4n) is 4.97. The van der Waals surface area contributed by atoms with E-state index >= 15 is 0 Å². The van der Waals surface area contributed by atoms with Crippen molar-refractivity contribution in [1.29, 1.82) is 0 Å². The molecule has 7 nitrogen and oxygen atoms in total. The smallest absolute Gasteiger partial charge is 0.340 e. The van der Waals surface area contributed by atoms with Crippen LogP contribution in [-0.4, -0.2) is 45.0 Å². The van der Waals surface area contributed by atoms with Gasteiger partial charge in [-0.3, -0.25) is 9.59 Å². The first-order valence-electron chi connectivity index (χ1n) is 11.7. The average Bonchev–Trinajstić information content (AvgIpc) is 3.20. The Labute approximate surface area is 199 Å². The van der Waals surface area contributed by atoms with Crippen molar-refractivity contribution in [3.05, 3.63) is 41.5 Å². The Morgan fingerprint density at radius 1 is 1.09 bits per heavy atom. The number of fused-ring (bicyclic) bond motifs is 3. The molecule has 1 aliphatic rings. The topological polar surface area (TPSA) is 86.0 Å². The maximum absolute atomic E-state index is 13.9. The molecule has 1 aliphatic carbocycles. The number of nitrogens with zero attached hydrogens (tertiary/aromatic N) is 1. The number of methoxy groups -OCH3 is 2. The van der Waals surface area contributed by atoms with Crippen LogP contribution in [0, 0.1) is 11.8 Å². The summed E-state index contributed by atoms with van der Waals surface area (Å²) >= 11 is 0. The molecule has 1 heterocycles. The molecule has 1 saturated carbocycles. The van der Waals surface area contributed by atoms with Crippen molar-refractivity contribution in [3.63, 3.8) is 0 Å². The summed E-state index contributed by atoms with van der Waals surface area (Å²) in [5.74, 6) is -0.0624. The number of ether oxygens (including phenoxy) is 2. The molecule has 3 aromatic rings. The Balaban J connectivity index is 1.91. The van der Waals surface area contributed by atoms with Crippen LogP contribution >= 0.6 is 0 Å². The molecule has 1 amide bonds. The second-order valence-electron chi connectivity index (χ2n) is 9.30. The van der Waals surface area contributed by atoms with E-state index in [0.29, 0.717) is 34.9 Å². The van der Waals surface area contributed by atoms with E-state index in [1.165, 1.54) is 7.11 Å². The normalized spacial score (nSPS) is 19.2. The highest BCUT2D eigenvalue weighted by Gasteiger charge is 2.34. The van der Waals surface area contributed by atoms with E-state index in [4.69, 9.17) is 13.9 Å². The lowest BCUT2D eigenvalue weighted by Gasteiger charge is -2.35. The van der Waals surface area contributed by atoms with Crippen LogP contribution in [0.25, 0.3) is 21.9 Å². The average molecular weight is 466 g/mol. The second-order valence-corrected chi connectivity index (χ2v) is 9.30. The number of rotatable bonds is 7. The molecular formula is C27H31NO6. The number of anilines is 1. The first-order valence-corrected chi connectivity index (χ1v) is 11.7. The fraction of sp³-hybridized carbons (Fsp3) is 0.444. The standard InChI is InChI=1S/C27H31NO6/c1-16-5-8-19(9-6-16)26(30)28(17(2)15-32-3)23-12-21-20-11-18(14-29)7-10-24(20)34-25(21)13-22(23)27(31)33-4/h7,10-14,16-17,19H,5-6,8-9,15H2,1-4H3/t16-,17-,19-/m0/s1. The van der Waals surface area contributed by atoms with Crippen molar-refractivity contribution in [2.45, 2.75) is 45.6 Å². The summed E-state index contributed by atoms with van der Waals surface area (Å²) in [4.78, 5) is 39.8. The van der Waals surface area contributed by atoms with Gasteiger partial charge in [0.25, 0.3) is 0 Å². The van der Waals surface area contributed by atoms with Crippen LogP contribution in [0.2, 0.25) is 0 Å². The van der Waals surface area contributed by atoms with Gasteiger partial charge >= 0.3 is 5.97 Å². The number of hydrogen-bond donors (Lipinski definition) is 0. The second kappa shape index (κ2) is 9.97. The van der Waals surface area contributed by atoms with Crippen molar-refractivity contribution in [3.8, 4) is 0 Å². The Kier molecular flexibility index (Phi) is 7.03. The van der Waals surface area contributed by atoms with E-state index in [0.717, 1.165) is 42.7 Å². The largest absolute Gasteiger partial charge is 0.465 e. The number of carbonyl (C=O) groups is 3. The molecule has 0 aliphatic heterocycles. The molecule has 1 fully saturated rings. The van der Waals surface area contributed by atoms with Crippen LogP contribution in [0.4, 0.5) is 5.69 Å². The number of furan rings is 1. The van der Waals surface area contributed by atoms with Gasteiger partial charge in [-0.1, -0.05) is 6.92 Å². The molecule has 34 heavy (non-hydrogen) atoms. The van der Waals surface area contributed by atoms with Crippen molar-refractivity contribution in [1.82, 2.24) is 0 Å². The Morgan fingerprint density at radius 2 is 1.79 bits per heavy atom. The van der Waals surface area contributed by atoms with Crippen molar-refractivity contribution in [2.24, 2.45) is 11.8 Å². The van der Waals surface area contributed by atoms with Gasteiger partial charge in [-0.2, -0.15) is 0 Å². The molecule has 0 spiro atoms. The molecule has 4 rings (SSSR count). The van der Waals surface area contributed by atoms with Gasteiger partial charge in [-0.15, -0.1) is 0 Å². The molecule has 180 valence electrons. The van der Waals surface area contributed by atoms with E-state index < -0.39 is 5.97 Å². The van der Waals surface area contributed by atoms with Gasteiger partial charge < -0.3 is 18.8 Å². The number of esters is 1. The van der Waals surface area contributed by atoms with Gasteiger partial charge in [0.1, 0.15) is 17.5 Å². The van der Waals surface area contributed by atoms with Crippen molar-refractivity contribution >= 4 is 45.8 Å². The maximum atomic E-state index is 13.9. The third kappa shape index (κ3) is 4.44. The van der Waals surface area contributed by atoms with Crippen LogP contribution in [-0.2, 0) is 14.3 Å². The molecule has 7 heteroatoms. The Bertz CT molecular complexity index is 1220. The zero-order chi connectivity index (χ0) is 24.4. The third-order valence-electron chi connectivity index (χ3n) is 6.86. The van der Waals surface area contributed by atoms with Crippen LogP contribution in [0.15, 0.2) is 34.7 Å². The van der Waals surface area contributed by atoms with Gasteiger partial charge in [0.2, 0.25) is 5.91 Å². The van der Waals surface area contributed by atoms with Crippen LogP contribution in [0.5, 0.6) is 0 Å². The molecule has 0 saturated heterocycles. The number of carbonyl (C=O) groups excluding carboxylic acids is 3. The fourth-order valence-corrected chi connectivity index (χ4v) is 4.97. The lowest BCUT2D eigenvalue weighted by molar-refractivity contribution is -0.124. The van der Waals surface area contributed by atoms with Crippen LogP contribution < -0.4 is 4.90 Å². The Hall–Kier alpha value is -3.19. The summed E-state index contributed by atoms with van der Waals surface area (Å²) in [7, 11) is 2.91. The van der Waals surface area contributed by atoms with Gasteiger partial charge in [0.15, 0.2) is 0 Å². The van der Waals surface area contributed by atoms with Crippen molar-refractivity contribution in [2.75, 3.05) is 25.7 Å². The highest BCUT2D eigenvalue weighted by molar-refractivity contribution is 6.13. The minimum atomic E-state index is -0.550.